The SMILES string of the molecule is N#Cc1ccc(CN2CCC(NCC(O)C3CCCO3)CC2)cc1. The largest absolute Gasteiger partial charge is 0.389 e. The van der Waals surface area contributed by atoms with E-state index in [1.165, 1.54) is 5.56 Å². The molecule has 1 aromatic rings. The highest BCUT2D eigenvalue weighted by Crippen LogP contribution is 2.17. The van der Waals surface area contributed by atoms with Crippen molar-refractivity contribution in [2.24, 2.45) is 0 Å². The van der Waals surface area contributed by atoms with Crippen LogP contribution in [0.1, 0.15) is 36.8 Å². The van der Waals surface area contributed by atoms with Gasteiger partial charge in [-0.1, -0.05) is 12.1 Å². The molecule has 2 N–H and O–H groups in total. The van der Waals surface area contributed by atoms with E-state index in [0.29, 0.717) is 18.2 Å². The molecule has 0 saturated carbocycles. The zero-order valence-corrected chi connectivity index (χ0v) is 14.2. The summed E-state index contributed by atoms with van der Waals surface area (Å²) in [6, 6.07) is 10.5. The van der Waals surface area contributed by atoms with Crippen LogP contribution in [-0.4, -0.2) is 54.5 Å². The van der Waals surface area contributed by atoms with E-state index in [9.17, 15) is 5.11 Å². The molecule has 2 unspecified atom stereocenters. The number of hydrogen-bond acceptors (Lipinski definition) is 5. The molecule has 2 fully saturated rings. The Hall–Kier alpha value is -1.45. The van der Waals surface area contributed by atoms with E-state index < -0.39 is 0 Å². The Kier molecular flexibility index (Phi) is 6.22. The fraction of sp³-hybridized carbons (Fsp3) is 0.632. The summed E-state index contributed by atoms with van der Waals surface area (Å²) in [7, 11) is 0. The summed E-state index contributed by atoms with van der Waals surface area (Å²) in [4.78, 5) is 2.45. The Morgan fingerprint density at radius 1 is 1.25 bits per heavy atom. The van der Waals surface area contributed by atoms with E-state index in [0.717, 1.165) is 51.9 Å². The lowest BCUT2D eigenvalue weighted by atomic mass is 10.0. The highest BCUT2D eigenvalue weighted by molar-refractivity contribution is 5.31. The number of benzene rings is 1. The summed E-state index contributed by atoms with van der Waals surface area (Å²) in [6.45, 7) is 4.48. The molecule has 2 aliphatic rings. The zero-order chi connectivity index (χ0) is 16.8. The molecule has 0 aromatic heterocycles. The van der Waals surface area contributed by atoms with Crippen molar-refractivity contribution in [1.82, 2.24) is 10.2 Å². The molecule has 1 aromatic carbocycles. The molecular formula is C19H27N3O2. The average Bonchev–Trinajstić information content (AvgIpc) is 3.16. The van der Waals surface area contributed by atoms with Crippen molar-refractivity contribution in [2.75, 3.05) is 26.2 Å². The van der Waals surface area contributed by atoms with Crippen LogP contribution in [0.5, 0.6) is 0 Å². The molecule has 5 heteroatoms. The van der Waals surface area contributed by atoms with Crippen molar-refractivity contribution in [2.45, 2.75) is 50.5 Å². The van der Waals surface area contributed by atoms with Crippen LogP contribution in [0, 0.1) is 11.3 Å². The van der Waals surface area contributed by atoms with Crippen LogP contribution < -0.4 is 5.32 Å². The van der Waals surface area contributed by atoms with Gasteiger partial charge in [0, 0.05) is 25.7 Å². The first-order valence-electron chi connectivity index (χ1n) is 8.99. The number of nitriles is 1. The lowest BCUT2D eigenvalue weighted by molar-refractivity contribution is -0.00269. The van der Waals surface area contributed by atoms with Crippen LogP contribution in [0.4, 0.5) is 0 Å². The van der Waals surface area contributed by atoms with Crippen molar-refractivity contribution < 1.29 is 9.84 Å². The molecular weight excluding hydrogens is 302 g/mol. The van der Waals surface area contributed by atoms with Crippen molar-refractivity contribution in [3.63, 3.8) is 0 Å². The summed E-state index contributed by atoms with van der Waals surface area (Å²) in [5, 5.41) is 22.5. The second-order valence-corrected chi connectivity index (χ2v) is 6.89. The highest BCUT2D eigenvalue weighted by Gasteiger charge is 2.25. The van der Waals surface area contributed by atoms with Crippen LogP contribution in [0.2, 0.25) is 0 Å². The lowest BCUT2D eigenvalue weighted by Gasteiger charge is -2.33. The van der Waals surface area contributed by atoms with Crippen LogP contribution in [0.25, 0.3) is 0 Å². The van der Waals surface area contributed by atoms with Gasteiger partial charge >= 0.3 is 0 Å². The fourth-order valence-electron chi connectivity index (χ4n) is 3.56. The van der Waals surface area contributed by atoms with E-state index >= 15 is 0 Å². The Labute approximate surface area is 144 Å². The third kappa shape index (κ3) is 4.78. The number of rotatable bonds is 6. The number of nitrogens with zero attached hydrogens (tertiary/aromatic N) is 2. The Bertz CT molecular complexity index is 541. The summed E-state index contributed by atoms with van der Waals surface area (Å²) in [5.41, 5.74) is 1.97. The second kappa shape index (κ2) is 8.59. The average molecular weight is 329 g/mol. The maximum Gasteiger partial charge on any atom is 0.0991 e. The molecule has 0 amide bonds. The molecule has 2 heterocycles. The predicted molar refractivity (Wildman–Crippen MR) is 92.4 cm³/mol. The summed E-state index contributed by atoms with van der Waals surface area (Å²) >= 11 is 0. The molecule has 0 bridgehead atoms. The molecule has 0 radical (unpaired) electrons. The lowest BCUT2D eigenvalue weighted by Crippen LogP contribution is -2.46. The standard InChI is InChI=1S/C19H27N3O2/c20-12-15-3-5-16(6-4-15)14-22-9-7-17(8-10-22)21-13-18(23)19-2-1-11-24-19/h3-6,17-19,21,23H,1-2,7-11,13-14H2. The zero-order valence-electron chi connectivity index (χ0n) is 14.2. The minimum Gasteiger partial charge on any atom is -0.389 e. The van der Waals surface area contributed by atoms with Crippen LogP contribution in [0.3, 0.4) is 0 Å². The molecule has 130 valence electrons. The van der Waals surface area contributed by atoms with E-state index in [2.05, 4.69) is 16.3 Å². The number of aliphatic hydroxyl groups excluding tert-OH is 1. The Morgan fingerprint density at radius 2 is 2.00 bits per heavy atom. The van der Waals surface area contributed by atoms with Gasteiger partial charge < -0.3 is 15.2 Å². The Balaban J connectivity index is 1.36. The highest BCUT2D eigenvalue weighted by atomic mass is 16.5. The number of hydrogen-bond donors (Lipinski definition) is 2. The molecule has 3 rings (SSSR count). The molecule has 24 heavy (non-hydrogen) atoms. The van der Waals surface area contributed by atoms with Crippen molar-refractivity contribution >= 4 is 0 Å². The third-order valence-electron chi connectivity index (χ3n) is 5.09. The smallest absolute Gasteiger partial charge is 0.0991 e. The molecule has 2 aliphatic heterocycles. The van der Waals surface area contributed by atoms with Crippen LogP contribution >= 0.6 is 0 Å². The maximum absolute atomic E-state index is 10.1. The molecule has 5 nitrogen and oxygen atoms in total. The van der Waals surface area contributed by atoms with Gasteiger partial charge in [0.2, 0.25) is 0 Å². The summed E-state index contributed by atoms with van der Waals surface area (Å²) in [6.07, 6.45) is 3.89. The molecule has 2 atom stereocenters. The number of piperidine rings is 1. The normalized spacial score (nSPS) is 23.9. The predicted octanol–water partition coefficient (Wildman–Crippen LogP) is 1.65. The van der Waals surface area contributed by atoms with E-state index in [-0.39, 0.29) is 12.2 Å². The molecule has 0 spiro atoms. The van der Waals surface area contributed by atoms with Crippen molar-refractivity contribution in [1.29, 1.82) is 5.26 Å². The monoisotopic (exact) mass is 329 g/mol. The van der Waals surface area contributed by atoms with Gasteiger partial charge in [0.15, 0.2) is 0 Å². The van der Waals surface area contributed by atoms with Gasteiger partial charge in [-0.25, -0.2) is 0 Å². The van der Waals surface area contributed by atoms with E-state index in [1.807, 2.05) is 24.3 Å². The number of nitrogens with one attached hydrogen (secondary N) is 1. The number of ether oxygens (including phenoxy) is 1. The van der Waals surface area contributed by atoms with Crippen LogP contribution in [0.15, 0.2) is 24.3 Å². The minimum atomic E-state index is -0.385. The Morgan fingerprint density at radius 3 is 2.62 bits per heavy atom. The fourth-order valence-corrected chi connectivity index (χ4v) is 3.56. The first-order chi connectivity index (χ1) is 11.7. The van der Waals surface area contributed by atoms with Crippen molar-refractivity contribution in [3.05, 3.63) is 35.4 Å². The summed E-state index contributed by atoms with van der Waals surface area (Å²) < 4.78 is 5.54. The van der Waals surface area contributed by atoms with Gasteiger partial charge in [-0.15, -0.1) is 0 Å². The van der Waals surface area contributed by atoms with E-state index in [1.54, 1.807) is 0 Å². The number of aliphatic hydroxyl groups is 1. The topological polar surface area (TPSA) is 68.5 Å². The van der Waals surface area contributed by atoms with Gasteiger partial charge in [0.1, 0.15) is 0 Å². The van der Waals surface area contributed by atoms with Crippen molar-refractivity contribution in [3.8, 4) is 6.07 Å². The minimum absolute atomic E-state index is 0.0222. The quantitative estimate of drug-likeness (QED) is 0.831. The van der Waals surface area contributed by atoms with E-state index in [4.69, 9.17) is 10.00 Å². The summed E-state index contributed by atoms with van der Waals surface area (Å²) in [5.74, 6) is 0. The first kappa shape index (κ1) is 17.4. The van der Waals surface area contributed by atoms with Gasteiger partial charge in [-0.05, 0) is 56.5 Å². The van der Waals surface area contributed by atoms with Gasteiger partial charge in [-0.2, -0.15) is 5.26 Å². The van der Waals surface area contributed by atoms with Gasteiger partial charge in [0.05, 0.1) is 23.8 Å². The number of likely N-dealkylation sites (tertiary alicyclic amines) is 1. The van der Waals surface area contributed by atoms with Gasteiger partial charge in [0.25, 0.3) is 0 Å². The first-order valence-corrected chi connectivity index (χ1v) is 8.99. The third-order valence-corrected chi connectivity index (χ3v) is 5.09. The molecule has 2 saturated heterocycles. The molecule has 0 aliphatic carbocycles. The van der Waals surface area contributed by atoms with Gasteiger partial charge in [-0.3, -0.25) is 4.90 Å². The maximum atomic E-state index is 10.1. The van der Waals surface area contributed by atoms with Crippen LogP contribution in [-0.2, 0) is 11.3 Å². The second-order valence-electron chi connectivity index (χ2n) is 6.89.